The van der Waals surface area contributed by atoms with E-state index in [4.69, 9.17) is 11.6 Å². The van der Waals surface area contributed by atoms with Gasteiger partial charge in [-0.05, 0) is 53.8 Å². The van der Waals surface area contributed by atoms with Gasteiger partial charge in [0.15, 0.2) is 5.15 Å². The van der Waals surface area contributed by atoms with E-state index in [0.717, 1.165) is 30.4 Å². The quantitative estimate of drug-likeness (QED) is 0.812. The number of amides is 1. The third-order valence-electron chi connectivity index (χ3n) is 3.96. The largest absolute Gasteiger partial charge is 0.323 e. The van der Waals surface area contributed by atoms with E-state index in [9.17, 15) is 4.79 Å². The Kier molecular flexibility index (Phi) is 5.04. The van der Waals surface area contributed by atoms with Crippen molar-refractivity contribution in [2.75, 3.05) is 18.4 Å². The van der Waals surface area contributed by atoms with Gasteiger partial charge in [0.2, 0.25) is 5.91 Å². The second-order valence-corrected chi connectivity index (χ2v) is 6.98. The average Bonchev–Trinajstić information content (AvgIpc) is 2.43. The van der Waals surface area contributed by atoms with Crippen molar-refractivity contribution >= 4 is 39.1 Å². The van der Waals surface area contributed by atoms with Gasteiger partial charge in [-0.3, -0.25) is 4.79 Å². The highest BCUT2D eigenvalue weighted by atomic mass is 79.9. The third-order valence-corrected chi connectivity index (χ3v) is 4.69. The summed E-state index contributed by atoms with van der Waals surface area (Å²) < 4.78 is 0.786. The molecular formula is C14H19BrClN3O. The number of nitrogens with zero attached hydrogens (tertiary/aromatic N) is 1. The molecule has 0 saturated carbocycles. The van der Waals surface area contributed by atoms with Crippen molar-refractivity contribution in [1.82, 2.24) is 10.3 Å². The van der Waals surface area contributed by atoms with Crippen LogP contribution in [0.1, 0.15) is 26.7 Å². The Hall–Kier alpha value is -0.650. The molecule has 110 valence electrons. The van der Waals surface area contributed by atoms with Crippen LogP contribution in [0.25, 0.3) is 0 Å². The summed E-state index contributed by atoms with van der Waals surface area (Å²) in [4.78, 5) is 16.6. The van der Waals surface area contributed by atoms with Crippen LogP contribution in [0.15, 0.2) is 16.7 Å². The summed E-state index contributed by atoms with van der Waals surface area (Å²) in [6.07, 6.45) is 3.78. The van der Waals surface area contributed by atoms with Gasteiger partial charge in [0, 0.05) is 16.1 Å². The van der Waals surface area contributed by atoms with Crippen molar-refractivity contribution < 1.29 is 4.79 Å². The van der Waals surface area contributed by atoms with Crippen molar-refractivity contribution in [2.45, 2.75) is 26.7 Å². The second kappa shape index (κ2) is 6.41. The van der Waals surface area contributed by atoms with Crippen molar-refractivity contribution in [3.05, 3.63) is 21.9 Å². The topological polar surface area (TPSA) is 54.0 Å². The number of hydrogen-bond donors (Lipinski definition) is 2. The molecule has 1 saturated heterocycles. The van der Waals surface area contributed by atoms with Gasteiger partial charge in [0.05, 0.1) is 5.69 Å². The molecule has 1 aromatic heterocycles. The molecule has 1 atom stereocenters. The predicted octanol–water partition coefficient (Wildman–Crippen LogP) is 3.46. The second-order valence-electron chi connectivity index (χ2n) is 5.71. The van der Waals surface area contributed by atoms with E-state index in [2.05, 4.69) is 31.5 Å². The first-order valence-corrected chi connectivity index (χ1v) is 7.91. The highest BCUT2D eigenvalue weighted by molar-refractivity contribution is 9.10. The molecule has 0 radical (unpaired) electrons. The maximum absolute atomic E-state index is 12.6. The number of nitrogens with one attached hydrogen (secondary N) is 2. The third kappa shape index (κ3) is 3.51. The van der Waals surface area contributed by atoms with E-state index in [-0.39, 0.29) is 5.91 Å². The molecule has 1 fully saturated rings. The molecule has 6 heteroatoms. The zero-order chi connectivity index (χ0) is 14.8. The molecule has 2 N–H and O–H groups in total. The first kappa shape index (κ1) is 15.7. The molecule has 1 aliphatic heterocycles. The van der Waals surface area contributed by atoms with Crippen molar-refractivity contribution in [3.8, 4) is 0 Å². The fraction of sp³-hybridized carbons (Fsp3) is 0.571. The molecule has 20 heavy (non-hydrogen) atoms. The van der Waals surface area contributed by atoms with Crippen LogP contribution >= 0.6 is 27.5 Å². The fourth-order valence-electron chi connectivity index (χ4n) is 2.45. The van der Waals surface area contributed by atoms with Crippen LogP contribution in [0.2, 0.25) is 5.15 Å². The van der Waals surface area contributed by atoms with Crippen LogP contribution in [0.3, 0.4) is 0 Å². The van der Waals surface area contributed by atoms with E-state index >= 15 is 0 Å². The van der Waals surface area contributed by atoms with Crippen LogP contribution in [-0.4, -0.2) is 24.0 Å². The first-order chi connectivity index (χ1) is 9.41. The first-order valence-electron chi connectivity index (χ1n) is 6.74. The molecule has 0 aliphatic carbocycles. The van der Waals surface area contributed by atoms with Crippen LogP contribution < -0.4 is 10.6 Å². The Morgan fingerprint density at radius 1 is 1.60 bits per heavy atom. The van der Waals surface area contributed by atoms with Gasteiger partial charge >= 0.3 is 0 Å². The lowest BCUT2D eigenvalue weighted by Gasteiger charge is -2.36. The van der Waals surface area contributed by atoms with Gasteiger partial charge in [-0.15, -0.1) is 0 Å². The minimum absolute atomic E-state index is 0.0204. The molecular weight excluding hydrogens is 342 g/mol. The molecule has 1 aromatic rings. The summed E-state index contributed by atoms with van der Waals surface area (Å²) in [6.45, 7) is 5.89. The Bertz CT molecular complexity index is 501. The maximum atomic E-state index is 12.6. The number of aromatic nitrogens is 1. The van der Waals surface area contributed by atoms with E-state index < -0.39 is 5.41 Å². The molecule has 1 amide bonds. The summed E-state index contributed by atoms with van der Waals surface area (Å²) in [7, 11) is 0. The van der Waals surface area contributed by atoms with Gasteiger partial charge in [-0.25, -0.2) is 4.98 Å². The molecule has 0 spiro atoms. The standard InChI is InChI=1S/C14H19BrClN3O/c1-14(2,9-4-3-5-17-7-9)13(20)19-11-6-10(15)8-18-12(11)16/h6,8-9,17H,3-5,7H2,1-2H3,(H,19,20). The minimum Gasteiger partial charge on any atom is -0.323 e. The van der Waals surface area contributed by atoms with Gasteiger partial charge < -0.3 is 10.6 Å². The summed E-state index contributed by atoms with van der Waals surface area (Å²) in [6, 6.07) is 1.77. The fourth-order valence-corrected chi connectivity index (χ4v) is 2.93. The number of pyridine rings is 1. The SMILES string of the molecule is CC(C)(C(=O)Nc1cc(Br)cnc1Cl)C1CCCNC1. The number of rotatable bonds is 3. The van der Waals surface area contributed by atoms with E-state index in [0.29, 0.717) is 16.8 Å². The van der Waals surface area contributed by atoms with Crippen molar-refractivity contribution in [1.29, 1.82) is 0 Å². The number of hydrogen-bond acceptors (Lipinski definition) is 3. The van der Waals surface area contributed by atoms with E-state index in [1.165, 1.54) is 0 Å². The van der Waals surface area contributed by atoms with Crippen LogP contribution in [0.4, 0.5) is 5.69 Å². The van der Waals surface area contributed by atoms with Crippen molar-refractivity contribution in [3.63, 3.8) is 0 Å². The van der Waals surface area contributed by atoms with Gasteiger partial charge in [0.25, 0.3) is 0 Å². The van der Waals surface area contributed by atoms with Crippen LogP contribution in [-0.2, 0) is 4.79 Å². The smallest absolute Gasteiger partial charge is 0.230 e. The van der Waals surface area contributed by atoms with E-state index in [1.54, 1.807) is 12.3 Å². The summed E-state index contributed by atoms with van der Waals surface area (Å²) in [5.74, 6) is 0.308. The zero-order valence-corrected chi connectivity index (χ0v) is 14.0. The Labute approximate surface area is 132 Å². The number of carbonyl (C=O) groups excluding carboxylic acids is 1. The predicted molar refractivity (Wildman–Crippen MR) is 85.0 cm³/mol. The highest BCUT2D eigenvalue weighted by Crippen LogP contribution is 2.34. The summed E-state index contributed by atoms with van der Waals surface area (Å²) in [5.41, 5.74) is 0.0990. The molecule has 0 bridgehead atoms. The lowest BCUT2D eigenvalue weighted by molar-refractivity contribution is -0.127. The van der Waals surface area contributed by atoms with Gasteiger partial charge in [-0.1, -0.05) is 25.4 Å². The van der Waals surface area contributed by atoms with Crippen molar-refractivity contribution in [2.24, 2.45) is 11.3 Å². The molecule has 1 unspecified atom stereocenters. The average molecular weight is 361 g/mol. The number of anilines is 1. The maximum Gasteiger partial charge on any atom is 0.230 e. The Morgan fingerprint density at radius 3 is 3.00 bits per heavy atom. The van der Waals surface area contributed by atoms with E-state index in [1.807, 2.05) is 13.8 Å². The molecule has 2 heterocycles. The molecule has 0 aromatic carbocycles. The van der Waals surface area contributed by atoms with Crippen LogP contribution in [0.5, 0.6) is 0 Å². The number of carbonyl (C=O) groups is 1. The minimum atomic E-state index is -0.445. The highest BCUT2D eigenvalue weighted by Gasteiger charge is 2.37. The monoisotopic (exact) mass is 359 g/mol. The Morgan fingerprint density at radius 2 is 2.35 bits per heavy atom. The normalized spacial score (nSPS) is 19.7. The summed E-state index contributed by atoms with van der Waals surface area (Å²) >= 11 is 9.35. The van der Waals surface area contributed by atoms with Crippen LogP contribution in [0, 0.1) is 11.3 Å². The number of piperidine rings is 1. The molecule has 1 aliphatic rings. The number of halogens is 2. The summed E-state index contributed by atoms with van der Waals surface area (Å²) in [5, 5.41) is 6.56. The van der Waals surface area contributed by atoms with Gasteiger partial charge in [0.1, 0.15) is 0 Å². The lowest BCUT2D eigenvalue weighted by Crippen LogP contribution is -2.44. The zero-order valence-electron chi connectivity index (χ0n) is 11.7. The Balaban J connectivity index is 2.11. The lowest BCUT2D eigenvalue weighted by atomic mass is 9.74. The van der Waals surface area contributed by atoms with Gasteiger partial charge in [-0.2, -0.15) is 0 Å². The molecule has 4 nitrogen and oxygen atoms in total. The molecule has 2 rings (SSSR count).